The molecule has 2 heteroatoms. The molecule has 0 saturated heterocycles. The summed E-state index contributed by atoms with van der Waals surface area (Å²) in [5, 5.41) is 13.3. The zero-order valence-electron chi connectivity index (χ0n) is 10.3. The highest BCUT2D eigenvalue weighted by molar-refractivity contribution is 4.76. The van der Waals surface area contributed by atoms with Crippen LogP contribution in [0.25, 0.3) is 0 Å². The Hall–Kier alpha value is -0.0800. The number of rotatable bonds is 8. The lowest BCUT2D eigenvalue weighted by Gasteiger charge is -2.26. The van der Waals surface area contributed by atoms with Crippen LogP contribution < -0.4 is 5.32 Å². The normalized spacial score (nSPS) is 15.9. The summed E-state index contributed by atoms with van der Waals surface area (Å²) in [4.78, 5) is 0. The maximum atomic E-state index is 9.85. The molecule has 0 rings (SSSR count). The zero-order chi connectivity index (χ0) is 11.0. The van der Waals surface area contributed by atoms with Crippen molar-refractivity contribution >= 4 is 0 Å². The molecular formula is C12H27NO. The van der Waals surface area contributed by atoms with Crippen LogP contribution >= 0.6 is 0 Å². The smallest absolute Gasteiger partial charge is 0.0741 e. The second-order valence-electron chi connectivity index (χ2n) is 4.51. The summed E-state index contributed by atoms with van der Waals surface area (Å²) < 4.78 is 0. The van der Waals surface area contributed by atoms with E-state index in [9.17, 15) is 5.11 Å². The molecule has 0 aliphatic rings. The maximum Gasteiger partial charge on any atom is 0.0741 e. The first-order chi connectivity index (χ1) is 6.55. The van der Waals surface area contributed by atoms with Crippen LogP contribution in [0.15, 0.2) is 0 Å². The van der Waals surface area contributed by atoms with Crippen LogP contribution in [0.2, 0.25) is 0 Å². The van der Waals surface area contributed by atoms with Crippen molar-refractivity contribution in [2.45, 2.75) is 71.4 Å². The summed E-state index contributed by atoms with van der Waals surface area (Å²) in [6.45, 7) is 9.06. The molecule has 0 radical (unpaired) electrons. The van der Waals surface area contributed by atoms with E-state index in [-0.39, 0.29) is 0 Å². The molecule has 0 aromatic heterocycles. The van der Waals surface area contributed by atoms with E-state index >= 15 is 0 Å². The summed E-state index contributed by atoms with van der Waals surface area (Å²) in [7, 11) is 0. The van der Waals surface area contributed by atoms with Gasteiger partial charge in [0.2, 0.25) is 0 Å². The van der Waals surface area contributed by atoms with Crippen LogP contribution in [0.4, 0.5) is 0 Å². The maximum absolute atomic E-state index is 9.85. The molecule has 0 aliphatic carbocycles. The van der Waals surface area contributed by atoms with Gasteiger partial charge in [0.05, 0.1) is 5.60 Å². The van der Waals surface area contributed by atoms with Crippen molar-refractivity contribution in [1.82, 2.24) is 5.32 Å². The monoisotopic (exact) mass is 201 g/mol. The molecule has 0 aromatic carbocycles. The van der Waals surface area contributed by atoms with Crippen LogP contribution in [0, 0.1) is 0 Å². The molecule has 1 atom stereocenters. The van der Waals surface area contributed by atoms with Crippen molar-refractivity contribution in [2.24, 2.45) is 0 Å². The predicted octanol–water partition coefficient (Wildman–Crippen LogP) is 2.71. The van der Waals surface area contributed by atoms with Gasteiger partial charge in [-0.15, -0.1) is 0 Å². The van der Waals surface area contributed by atoms with E-state index in [1.807, 2.05) is 13.8 Å². The van der Waals surface area contributed by atoms with Crippen LogP contribution in [0.5, 0.6) is 0 Å². The van der Waals surface area contributed by atoms with E-state index in [1.54, 1.807) is 0 Å². The summed E-state index contributed by atoms with van der Waals surface area (Å²) >= 11 is 0. The average molecular weight is 201 g/mol. The SMILES string of the molecule is CCCC(CCC)NCC(C)(O)CC. The first kappa shape index (κ1) is 13.9. The van der Waals surface area contributed by atoms with Gasteiger partial charge in [0.25, 0.3) is 0 Å². The largest absolute Gasteiger partial charge is 0.389 e. The second-order valence-corrected chi connectivity index (χ2v) is 4.51. The van der Waals surface area contributed by atoms with Gasteiger partial charge >= 0.3 is 0 Å². The van der Waals surface area contributed by atoms with Crippen molar-refractivity contribution in [2.75, 3.05) is 6.54 Å². The Morgan fingerprint density at radius 2 is 1.64 bits per heavy atom. The van der Waals surface area contributed by atoms with Gasteiger partial charge in [0.1, 0.15) is 0 Å². The third-order valence-electron chi connectivity index (χ3n) is 2.81. The molecular weight excluding hydrogens is 174 g/mol. The van der Waals surface area contributed by atoms with Gasteiger partial charge in [0.15, 0.2) is 0 Å². The molecule has 0 spiro atoms. The Balaban J connectivity index is 3.80. The van der Waals surface area contributed by atoms with Crippen LogP contribution in [-0.2, 0) is 0 Å². The van der Waals surface area contributed by atoms with E-state index < -0.39 is 5.60 Å². The highest BCUT2D eigenvalue weighted by atomic mass is 16.3. The molecule has 0 aromatic rings. The van der Waals surface area contributed by atoms with Gasteiger partial charge in [-0.25, -0.2) is 0 Å². The van der Waals surface area contributed by atoms with Gasteiger partial charge < -0.3 is 10.4 Å². The zero-order valence-corrected chi connectivity index (χ0v) is 10.3. The third kappa shape index (κ3) is 6.39. The predicted molar refractivity (Wildman–Crippen MR) is 62.5 cm³/mol. The topological polar surface area (TPSA) is 32.3 Å². The van der Waals surface area contributed by atoms with Crippen LogP contribution in [0.1, 0.15) is 59.8 Å². The third-order valence-corrected chi connectivity index (χ3v) is 2.81. The highest BCUT2D eigenvalue weighted by Crippen LogP contribution is 2.09. The molecule has 2 N–H and O–H groups in total. The Bertz CT molecular complexity index is 128. The fraction of sp³-hybridized carbons (Fsp3) is 1.00. The molecule has 0 heterocycles. The fourth-order valence-corrected chi connectivity index (χ4v) is 1.53. The molecule has 86 valence electrons. The Morgan fingerprint density at radius 3 is 2.00 bits per heavy atom. The van der Waals surface area contributed by atoms with Crippen molar-refractivity contribution in [1.29, 1.82) is 0 Å². The summed E-state index contributed by atoms with van der Waals surface area (Å²) in [6.07, 6.45) is 5.67. The number of nitrogens with one attached hydrogen (secondary N) is 1. The standard InChI is InChI=1S/C12H27NO/c1-5-8-11(9-6-2)13-10-12(4,14)7-3/h11,13-14H,5-10H2,1-4H3. The molecule has 0 aliphatic heterocycles. The van der Waals surface area contributed by atoms with Gasteiger partial charge in [-0.2, -0.15) is 0 Å². The van der Waals surface area contributed by atoms with Crippen molar-refractivity contribution in [3.05, 3.63) is 0 Å². The molecule has 14 heavy (non-hydrogen) atoms. The first-order valence-electron chi connectivity index (χ1n) is 6.01. The summed E-state index contributed by atoms with van der Waals surface area (Å²) in [5.41, 5.74) is -0.542. The van der Waals surface area contributed by atoms with Gasteiger partial charge in [-0.3, -0.25) is 0 Å². The second kappa shape index (κ2) is 7.24. The number of hydrogen-bond acceptors (Lipinski definition) is 2. The lowest BCUT2D eigenvalue weighted by atomic mass is 10.0. The minimum Gasteiger partial charge on any atom is -0.389 e. The lowest BCUT2D eigenvalue weighted by Crippen LogP contribution is -2.42. The molecule has 0 bridgehead atoms. The molecule has 0 saturated carbocycles. The Morgan fingerprint density at radius 1 is 1.14 bits per heavy atom. The number of aliphatic hydroxyl groups is 1. The van der Waals surface area contributed by atoms with Gasteiger partial charge in [-0.1, -0.05) is 33.6 Å². The Kier molecular flexibility index (Phi) is 7.20. The van der Waals surface area contributed by atoms with E-state index in [0.29, 0.717) is 12.6 Å². The minimum absolute atomic E-state index is 0.542. The number of hydrogen-bond donors (Lipinski definition) is 2. The minimum atomic E-state index is -0.542. The lowest BCUT2D eigenvalue weighted by molar-refractivity contribution is 0.0521. The van der Waals surface area contributed by atoms with E-state index in [4.69, 9.17) is 0 Å². The van der Waals surface area contributed by atoms with Gasteiger partial charge in [-0.05, 0) is 26.2 Å². The van der Waals surface area contributed by atoms with E-state index in [2.05, 4.69) is 19.2 Å². The summed E-state index contributed by atoms with van der Waals surface area (Å²) in [6, 6.07) is 0.586. The van der Waals surface area contributed by atoms with Crippen LogP contribution in [-0.4, -0.2) is 23.3 Å². The fourth-order valence-electron chi connectivity index (χ4n) is 1.53. The van der Waals surface area contributed by atoms with Crippen molar-refractivity contribution < 1.29 is 5.11 Å². The molecule has 1 unspecified atom stereocenters. The van der Waals surface area contributed by atoms with Crippen molar-refractivity contribution in [3.63, 3.8) is 0 Å². The van der Waals surface area contributed by atoms with E-state index in [0.717, 1.165) is 6.42 Å². The summed E-state index contributed by atoms with van der Waals surface area (Å²) in [5.74, 6) is 0. The highest BCUT2D eigenvalue weighted by Gasteiger charge is 2.18. The van der Waals surface area contributed by atoms with E-state index in [1.165, 1.54) is 25.7 Å². The average Bonchev–Trinajstić information content (AvgIpc) is 2.15. The quantitative estimate of drug-likeness (QED) is 0.633. The molecule has 0 fully saturated rings. The molecule has 2 nitrogen and oxygen atoms in total. The first-order valence-corrected chi connectivity index (χ1v) is 6.01. The van der Waals surface area contributed by atoms with Crippen molar-refractivity contribution in [3.8, 4) is 0 Å². The molecule has 0 amide bonds. The van der Waals surface area contributed by atoms with Gasteiger partial charge in [0, 0.05) is 12.6 Å². The Labute approximate surface area is 89.1 Å². The van der Waals surface area contributed by atoms with Crippen LogP contribution in [0.3, 0.4) is 0 Å².